The van der Waals surface area contributed by atoms with Crippen LogP contribution in [0.3, 0.4) is 0 Å². The van der Waals surface area contributed by atoms with Crippen LogP contribution < -0.4 is 0 Å². The van der Waals surface area contributed by atoms with E-state index < -0.39 is 72.6 Å². The molecule has 9 N–H and O–H groups in total. The number of methoxy groups -OCH3 is 2. The van der Waals surface area contributed by atoms with Gasteiger partial charge < -0.3 is 79.1 Å². The van der Waals surface area contributed by atoms with Crippen molar-refractivity contribution in [2.24, 2.45) is 69.0 Å². The number of carbonyl (C=O) groups is 2. The number of cyclic esters (lactones) is 2. The van der Waals surface area contributed by atoms with Gasteiger partial charge in [-0.3, -0.25) is 0 Å². The van der Waals surface area contributed by atoms with Gasteiger partial charge in [0, 0.05) is 44.3 Å². The quantitative estimate of drug-likeness (QED) is 0.124. The molecule has 0 bridgehead atoms. The number of fused-ring (bicyclic) bond motifs is 10. The predicted octanol–water partition coefficient (Wildman–Crippen LogP) is 5.00. The molecular formula is C61H98O18. The average molecular weight is 1120 g/mol. The molecule has 8 saturated carbocycles. The molecule has 0 amide bonds. The first-order valence-corrected chi connectivity index (χ1v) is 30.1. The Bertz CT molecular complexity index is 2090. The lowest BCUT2D eigenvalue weighted by molar-refractivity contribution is -0.313. The van der Waals surface area contributed by atoms with Crippen LogP contribution in [0.1, 0.15) is 157 Å². The molecule has 0 spiro atoms. The minimum absolute atomic E-state index is 0. The van der Waals surface area contributed by atoms with Gasteiger partial charge in [-0.1, -0.05) is 27.7 Å². The van der Waals surface area contributed by atoms with E-state index in [4.69, 9.17) is 43.0 Å². The van der Waals surface area contributed by atoms with Crippen molar-refractivity contribution in [2.45, 2.75) is 242 Å². The van der Waals surface area contributed by atoms with Crippen molar-refractivity contribution in [3.63, 3.8) is 0 Å². The number of hydrogen-bond donors (Lipinski definition) is 7. The topological polar surface area (TPSA) is 281 Å². The maximum Gasteiger partial charge on any atom is 0.331 e. The first kappa shape index (κ1) is 61.4. The standard InChI is InChI=1S/2C30H46O8.CH4O.H2O/c2*1-16-24(32)26(35-4)25(33)27(37-16)38-19-7-10-28(2)18(14-19)5-6-22-21(28)8-11-29(3)20(9-12-30(22,29)34)17-13-23(31)36-15-17;1-2;/h2*13,16,18-22,24-27,32-34H,5-12,14-15H2,1-4H3;2H,1H3;1H2/t2*16-,18+,19-,20+,21-,22+,24-,25-,26+,27-,28-,29+,30-;;/m00../s1. The number of hydrogen-bond acceptors (Lipinski definition) is 17. The smallest absolute Gasteiger partial charge is 0.331 e. The highest BCUT2D eigenvalue weighted by Crippen LogP contribution is 2.72. The molecule has 0 unspecified atom stereocenters. The first-order chi connectivity index (χ1) is 37.0. The molecule has 26 atom stereocenters. The third-order valence-electron chi connectivity index (χ3n) is 24.6. The van der Waals surface area contributed by atoms with E-state index in [1.54, 1.807) is 26.0 Å². The van der Waals surface area contributed by atoms with Crippen molar-refractivity contribution in [2.75, 3.05) is 34.5 Å². The summed E-state index contributed by atoms with van der Waals surface area (Å²) >= 11 is 0. The van der Waals surface area contributed by atoms with E-state index in [-0.39, 0.29) is 75.0 Å². The Morgan fingerprint density at radius 2 is 0.886 bits per heavy atom. The van der Waals surface area contributed by atoms with Crippen LogP contribution in [0.25, 0.3) is 0 Å². The Morgan fingerprint density at radius 1 is 0.506 bits per heavy atom. The second-order valence-corrected chi connectivity index (χ2v) is 27.4. The fraction of sp³-hybridized carbons (Fsp3) is 0.902. The number of aliphatic hydroxyl groups is 7. The maximum atomic E-state index is 12.4. The fourth-order valence-corrected chi connectivity index (χ4v) is 20.1. The third kappa shape index (κ3) is 9.96. The lowest BCUT2D eigenvalue weighted by Crippen LogP contribution is -2.62. The summed E-state index contributed by atoms with van der Waals surface area (Å²) < 4.78 is 45.6. The van der Waals surface area contributed by atoms with Gasteiger partial charge in [-0.25, -0.2) is 9.59 Å². The summed E-state index contributed by atoms with van der Waals surface area (Å²) in [7, 11) is 3.98. The zero-order valence-corrected chi connectivity index (χ0v) is 48.6. The molecule has 0 aromatic rings. The van der Waals surface area contributed by atoms with Crippen LogP contribution in [0.4, 0.5) is 0 Å². The molecular weight excluding hydrogens is 1020 g/mol. The second kappa shape index (κ2) is 23.0. The molecule has 2 saturated heterocycles. The Morgan fingerprint density at radius 3 is 1.23 bits per heavy atom. The van der Waals surface area contributed by atoms with Crippen molar-refractivity contribution in [1.82, 2.24) is 0 Å². The minimum atomic E-state index is -1.04. The van der Waals surface area contributed by atoms with E-state index in [0.717, 1.165) is 134 Å². The van der Waals surface area contributed by atoms with Gasteiger partial charge in [0.25, 0.3) is 0 Å². The molecule has 12 rings (SSSR count). The number of rotatable bonds is 8. The largest absolute Gasteiger partial charge is 0.458 e. The molecule has 450 valence electrons. The number of carbonyl (C=O) groups excluding carboxylic acids is 2. The van der Waals surface area contributed by atoms with E-state index in [9.17, 15) is 40.2 Å². The van der Waals surface area contributed by atoms with E-state index in [0.29, 0.717) is 36.9 Å². The normalized spacial score (nSPS) is 52.5. The van der Waals surface area contributed by atoms with Crippen molar-refractivity contribution in [3.8, 4) is 0 Å². The van der Waals surface area contributed by atoms with Crippen LogP contribution in [-0.4, -0.2) is 173 Å². The fourth-order valence-electron chi connectivity index (χ4n) is 20.1. The third-order valence-corrected chi connectivity index (χ3v) is 24.6. The highest BCUT2D eigenvalue weighted by Gasteiger charge is 2.70. The van der Waals surface area contributed by atoms with Gasteiger partial charge in [0.1, 0.15) is 49.8 Å². The number of esters is 2. The highest BCUT2D eigenvalue weighted by atomic mass is 16.7. The van der Waals surface area contributed by atoms with Gasteiger partial charge in [0.2, 0.25) is 0 Å². The van der Waals surface area contributed by atoms with E-state index in [1.807, 2.05) is 0 Å². The van der Waals surface area contributed by atoms with Crippen LogP contribution in [-0.2, 0) is 47.5 Å². The zero-order valence-electron chi connectivity index (χ0n) is 48.6. The van der Waals surface area contributed by atoms with Crippen LogP contribution in [0, 0.1) is 69.0 Å². The van der Waals surface area contributed by atoms with Crippen molar-refractivity contribution >= 4 is 11.9 Å². The molecule has 10 fully saturated rings. The summed E-state index contributed by atoms with van der Waals surface area (Å²) in [5.41, 5.74) is 0.600. The molecule has 0 radical (unpaired) electrons. The average Bonchev–Trinajstić information content (AvgIpc) is 4.36. The number of ether oxygens (including phenoxy) is 8. The first-order valence-electron chi connectivity index (χ1n) is 30.1. The molecule has 4 aliphatic heterocycles. The summed E-state index contributed by atoms with van der Waals surface area (Å²) in [6.07, 6.45) is 12.9. The summed E-state index contributed by atoms with van der Waals surface area (Å²) in [6.45, 7) is 13.7. The SMILES string of the molecule is CO.CO[C@H]1[C@H](O)[C@H](O[C@H]2CC[C@@]3(C)[C@H](CC[C@@H]4[C@@H]3CC[C@]3(C)[C@@H](C5=CC(=O)OC5)CC[C@]43O)C2)O[C@@H](C)[C@@H]1O.CO[C@H]1[C@H](O)[C@H](O[C@H]2CC[C@@]3(C)[C@H](CC[C@@H]4[C@@H]3CC[C@]3(C)[C@@H](C5=CC(=O)OC5)CC[C@]43O)C2)O[C@@H](C)[C@@H]1O.O. The van der Waals surface area contributed by atoms with Crippen LogP contribution >= 0.6 is 0 Å². The van der Waals surface area contributed by atoms with Gasteiger partial charge in [0.15, 0.2) is 12.6 Å². The van der Waals surface area contributed by atoms with Gasteiger partial charge in [0.05, 0.1) is 35.6 Å². The van der Waals surface area contributed by atoms with Crippen molar-refractivity contribution in [1.29, 1.82) is 0 Å². The van der Waals surface area contributed by atoms with Gasteiger partial charge in [-0.15, -0.1) is 0 Å². The van der Waals surface area contributed by atoms with Crippen LogP contribution in [0.2, 0.25) is 0 Å². The lowest BCUT2D eigenvalue weighted by Gasteiger charge is -2.64. The zero-order chi connectivity index (χ0) is 56.1. The van der Waals surface area contributed by atoms with Crippen molar-refractivity contribution in [3.05, 3.63) is 23.3 Å². The Hall–Kier alpha value is -2.14. The van der Waals surface area contributed by atoms with E-state index in [2.05, 4.69) is 27.7 Å². The molecule has 4 heterocycles. The highest BCUT2D eigenvalue weighted by molar-refractivity contribution is 5.86. The summed E-state index contributed by atoms with van der Waals surface area (Å²) in [4.78, 5) is 23.6. The van der Waals surface area contributed by atoms with Gasteiger partial charge in [-0.2, -0.15) is 0 Å². The molecule has 0 aromatic carbocycles. The molecule has 8 aliphatic carbocycles. The van der Waals surface area contributed by atoms with E-state index >= 15 is 0 Å². The van der Waals surface area contributed by atoms with Gasteiger partial charge in [-0.05, 0) is 199 Å². The maximum absolute atomic E-state index is 12.4. The molecule has 79 heavy (non-hydrogen) atoms. The number of aliphatic hydroxyl groups excluding tert-OH is 5. The van der Waals surface area contributed by atoms with Crippen LogP contribution in [0.5, 0.6) is 0 Å². The second-order valence-electron chi connectivity index (χ2n) is 27.4. The Labute approximate surface area is 467 Å². The van der Waals surface area contributed by atoms with Gasteiger partial charge >= 0.3 is 11.9 Å². The molecule has 0 aromatic heterocycles. The monoisotopic (exact) mass is 1120 g/mol. The molecule has 18 heteroatoms. The predicted molar refractivity (Wildman–Crippen MR) is 287 cm³/mol. The van der Waals surface area contributed by atoms with Crippen LogP contribution in [0.15, 0.2) is 23.3 Å². The Kier molecular flexibility index (Phi) is 17.9. The molecule has 18 nitrogen and oxygen atoms in total. The summed E-state index contributed by atoms with van der Waals surface area (Å²) in [5, 5.41) is 73.9. The summed E-state index contributed by atoms with van der Waals surface area (Å²) in [5.74, 6) is 2.44. The minimum Gasteiger partial charge on any atom is -0.458 e. The Balaban J connectivity index is 0.000000184. The summed E-state index contributed by atoms with van der Waals surface area (Å²) in [6, 6.07) is 0. The molecule has 12 aliphatic rings. The lowest BCUT2D eigenvalue weighted by atomic mass is 9.43. The van der Waals surface area contributed by atoms with E-state index in [1.165, 1.54) is 14.2 Å². The van der Waals surface area contributed by atoms with Crippen molar-refractivity contribution < 1.29 is 88.7 Å².